The fourth-order valence-corrected chi connectivity index (χ4v) is 3.67. The van der Waals surface area contributed by atoms with Gasteiger partial charge in [0, 0.05) is 22.9 Å². The second kappa shape index (κ2) is 8.83. The van der Waals surface area contributed by atoms with Gasteiger partial charge in [0.2, 0.25) is 0 Å². The molecule has 3 aromatic carbocycles. The number of benzene rings is 3. The van der Waals surface area contributed by atoms with Crippen molar-refractivity contribution in [3.8, 4) is 34.0 Å². The van der Waals surface area contributed by atoms with Crippen molar-refractivity contribution >= 4 is 0 Å². The normalized spacial score (nSPS) is 10.7. The van der Waals surface area contributed by atoms with Crippen LogP contribution in [0.1, 0.15) is 18.9 Å². The number of para-hydroxylation sites is 1. The molecule has 0 saturated heterocycles. The van der Waals surface area contributed by atoms with E-state index in [4.69, 9.17) is 4.74 Å². The maximum absolute atomic E-state index is 13.0. The lowest BCUT2D eigenvalue weighted by molar-refractivity contribution is 0.317. The van der Waals surface area contributed by atoms with Crippen molar-refractivity contribution in [3.63, 3.8) is 0 Å². The zero-order valence-electron chi connectivity index (χ0n) is 17.3. The van der Waals surface area contributed by atoms with Crippen LogP contribution in [0.15, 0.2) is 95.8 Å². The Morgan fingerprint density at radius 3 is 2.17 bits per heavy atom. The number of pyridine rings is 1. The van der Waals surface area contributed by atoms with Gasteiger partial charge in [0.05, 0.1) is 18.0 Å². The first-order valence-electron chi connectivity index (χ1n) is 10.3. The maximum Gasteiger partial charge on any atom is 0.185 e. The van der Waals surface area contributed by atoms with Crippen LogP contribution in [0.3, 0.4) is 0 Å². The van der Waals surface area contributed by atoms with E-state index in [0.717, 1.165) is 40.4 Å². The first-order valence-corrected chi connectivity index (χ1v) is 10.3. The molecule has 150 valence electrons. The molecule has 0 aliphatic heterocycles. The summed E-state index contributed by atoms with van der Waals surface area (Å²) in [7, 11) is 0. The van der Waals surface area contributed by atoms with Crippen LogP contribution >= 0.6 is 0 Å². The Bertz CT molecular complexity index is 1190. The Labute approximate surface area is 177 Å². The third kappa shape index (κ3) is 3.92. The zero-order chi connectivity index (χ0) is 20.9. The average molecular weight is 396 g/mol. The molecule has 0 amide bonds. The standard InChI is InChI=1S/C27H25NO2/c1-3-17-30-24-16-10-13-22(18-24)27-20(2)26(29)19-25(21-11-6-4-7-12-21)28(27)23-14-8-5-9-15-23/h4-16,18-19H,3,17H2,1-2H3. The molecule has 0 N–H and O–H groups in total. The number of aromatic nitrogens is 1. The van der Waals surface area contributed by atoms with Gasteiger partial charge in [-0.05, 0) is 43.2 Å². The fraction of sp³-hybridized carbons (Fsp3) is 0.148. The van der Waals surface area contributed by atoms with Gasteiger partial charge in [-0.25, -0.2) is 0 Å². The topological polar surface area (TPSA) is 31.2 Å². The molecular weight excluding hydrogens is 370 g/mol. The van der Waals surface area contributed by atoms with E-state index in [0.29, 0.717) is 12.2 Å². The number of rotatable bonds is 6. The highest BCUT2D eigenvalue weighted by atomic mass is 16.5. The molecule has 30 heavy (non-hydrogen) atoms. The molecule has 1 heterocycles. The lowest BCUT2D eigenvalue weighted by Crippen LogP contribution is -2.15. The molecule has 3 nitrogen and oxygen atoms in total. The highest BCUT2D eigenvalue weighted by Crippen LogP contribution is 2.32. The second-order valence-electron chi connectivity index (χ2n) is 7.28. The minimum absolute atomic E-state index is 0.0240. The first kappa shape index (κ1) is 19.7. The smallest absolute Gasteiger partial charge is 0.185 e. The molecule has 0 atom stereocenters. The van der Waals surface area contributed by atoms with Gasteiger partial charge in [-0.2, -0.15) is 0 Å². The molecule has 0 saturated carbocycles. The molecule has 0 bridgehead atoms. The second-order valence-corrected chi connectivity index (χ2v) is 7.28. The molecule has 0 fully saturated rings. The summed E-state index contributed by atoms with van der Waals surface area (Å²) in [6.45, 7) is 4.65. The van der Waals surface area contributed by atoms with Gasteiger partial charge in [0.25, 0.3) is 0 Å². The lowest BCUT2D eigenvalue weighted by atomic mass is 10.0. The Balaban J connectivity index is 2.03. The van der Waals surface area contributed by atoms with Crippen molar-refractivity contribution in [2.75, 3.05) is 6.61 Å². The average Bonchev–Trinajstić information content (AvgIpc) is 2.80. The number of hydrogen-bond donors (Lipinski definition) is 0. The molecular formula is C27H25NO2. The Morgan fingerprint density at radius 1 is 0.800 bits per heavy atom. The Hall–Kier alpha value is -3.59. The van der Waals surface area contributed by atoms with E-state index >= 15 is 0 Å². The van der Waals surface area contributed by atoms with Gasteiger partial charge in [-0.15, -0.1) is 0 Å². The minimum atomic E-state index is 0.0240. The van der Waals surface area contributed by atoms with E-state index in [1.807, 2.05) is 79.7 Å². The van der Waals surface area contributed by atoms with Gasteiger partial charge < -0.3 is 9.30 Å². The van der Waals surface area contributed by atoms with Crippen LogP contribution in [0, 0.1) is 6.92 Å². The summed E-state index contributed by atoms with van der Waals surface area (Å²) in [6.07, 6.45) is 0.946. The van der Waals surface area contributed by atoms with E-state index in [1.165, 1.54) is 0 Å². The molecule has 1 aromatic heterocycles. The van der Waals surface area contributed by atoms with Crippen LogP contribution in [0.25, 0.3) is 28.2 Å². The maximum atomic E-state index is 13.0. The van der Waals surface area contributed by atoms with Crippen molar-refractivity contribution in [1.82, 2.24) is 4.57 Å². The summed E-state index contributed by atoms with van der Waals surface area (Å²) in [5.74, 6) is 0.811. The molecule has 0 aliphatic rings. The summed E-state index contributed by atoms with van der Waals surface area (Å²) in [5.41, 5.74) is 5.45. The largest absolute Gasteiger partial charge is 0.494 e. The molecule has 0 radical (unpaired) electrons. The van der Waals surface area contributed by atoms with E-state index in [-0.39, 0.29) is 5.43 Å². The zero-order valence-corrected chi connectivity index (χ0v) is 17.3. The van der Waals surface area contributed by atoms with Crippen LogP contribution in [0.2, 0.25) is 0 Å². The van der Waals surface area contributed by atoms with Crippen molar-refractivity contribution in [2.24, 2.45) is 0 Å². The fourth-order valence-electron chi connectivity index (χ4n) is 3.67. The molecule has 4 rings (SSSR count). The summed E-state index contributed by atoms with van der Waals surface area (Å²) in [5, 5.41) is 0. The van der Waals surface area contributed by atoms with Crippen LogP contribution in [0.4, 0.5) is 0 Å². The highest BCUT2D eigenvalue weighted by Gasteiger charge is 2.17. The molecule has 0 spiro atoms. The predicted octanol–water partition coefficient (Wildman–Crippen LogP) is 6.27. The summed E-state index contributed by atoms with van der Waals surface area (Å²) in [6, 6.07) is 29.9. The SMILES string of the molecule is CCCOc1cccc(-c2c(C)c(=O)cc(-c3ccccc3)n2-c2ccccc2)c1. The quantitative estimate of drug-likeness (QED) is 0.385. The van der Waals surface area contributed by atoms with Gasteiger partial charge >= 0.3 is 0 Å². The summed E-state index contributed by atoms with van der Waals surface area (Å²) in [4.78, 5) is 13.0. The van der Waals surface area contributed by atoms with Crippen molar-refractivity contribution in [1.29, 1.82) is 0 Å². The van der Waals surface area contributed by atoms with Crippen LogP contribution in [0.5, 0.6) is 5.75 Å². The van der Waals surface area contributed by atoms with Gasteiger partial charge in [-0.3, -0.25) is 4.79 Å². The summed E-state index contributed by atoms with van der Waals surface area (Å²) >= 11 is 0. The molecule has 4 aromatic rings. The van der Waals surface area contributed by atoms with Crippen molar-refractivity contribution in [3.05, 3.63) is 107 Å². The van der Waals surface area contributed by atoms with Crippen LogP contribution < -0.4 is 10.2 Å². The van der Waals surface area contributed by atoms with Crippen LogP contribution in [-0.2, 0) is 0 Å². The number of ether oxygens (including phenoxy) is 1. The molecule has 0 aliphatic carbocycles. The summed E-state index contributed by atoms with van der Waals surface area (Å²) < 4.78 is 8.03. The van der Waals surface area contributed by atoms with Crippen LogP contribution in [-0.4, -0.2) is 11.2 Å². The minimum Gasteiger partial charge on any atom is -0.494 e. The number of hydrogen-bond acceptors (Lipinski definition) is 2. The third-order valence-corrected chi connectivity index (χ3v) is 5.12. The van der Waals surface area contributed by atoms with Gasteiger partial charge in [0.1, 0.15) is 5.75 Å². The van der Waals surface area contributed by atoms with E-state index < -0.39 is 0 Å². The van der Waals surface area contributed by atoms with E-state index in [1.54, 1.807) is 6.07 Å². The van der Waals surface area contributed by atoms with E-state index in [2.05, 4.69) is 23.6 Å². The first-order chi connectivity index (χ1) is 14.7. The third-order valence-electron chi connectivity index (χ3n) is 5.12. The number of nitrogens with zero attached hydrogens (tertiary/aromatic N) is 1. The predicted molar refractivity (Wildman–Crippen MR) is 123 cm³/mol. The van der Waals surface area contributed by atoms with E-state index in [9.17, 15) is 4.79 Å². The Kier molecular flexibility index (Phi) is 5.80. The van der Waals surface area contributed by atoms with Gasteiger partial charge in [0.15, 0.2) is 5.43 Å². The Morgan fingerprint density at radius 2 is 1.47 bits per heavy atom. The van der Waals surface area contributed by atoms with Crippen molar-refractivity contribution < 1.29 is 4.74 Å². The molecule has 3 heteroatoms. The monoisotopic (exact) mass is 395 g/mol. The van der Waals surface area contributed by atoms with Crippen molar-refractivity contribution in [2.45, 2.75) is 20.3 Å². The lowest BCUT2D eigenvalue weighted by Gasteiger charge is -2.22. The highest BCUT2D eigenvalue weighted by molar-refractivity contribution is 5.74. The van der Waals surface area contributed by atoms with Gasteiger partial charge in [-0.1, -0.05) is 67.6 Å². The molecule has 0 unspecified atom stereocenters.